The Morgan fingerprint density at radius 1 is 1.13 bits per heavy atom. The van der Waals surface area contributed by atoms with Gasteiger partial charge < -0.3 is 15.4 Å². The Balaban J connectivity index is 2.37. The Hall–Kier alpha value is -0.970. The number of nitrogens with one attached hydrogen (secondary N) is 2. The molecule has 0 atom stereocenters. The molecule has 0 aliphatic carbocycles. The Morgan fingerprint density at radius 3 is 2.52 bits per heavy atom. The van der Waals surface area contributed by atoms with Crippen molar-refractivity contribution >= 4 is 29.2 Å². The van der Waals surface area contributed by atoms with Gasteiger partial charge in [-0.15, -0.1) is 0 Å². The first-order chi connectivity index (χ1) is 11.2. The fraction of sp³-hybridized carbons (Fsp3) is 0.588. The van der Waals surface area contributed by atoms with Crippen molar-refractivity contribution in [3.63, 3.8) is 0 Å². The van der Waals surface area contributed by atoms with Crippen molar-refractivity contribution in [1.29, 1.82) is 0 Å². The number of ether oxygens (including phenoxy) is 1. The molecule has 6 heteroatoms. The molecule has 0 saturated heterocycles. The van der Waals surface area contributed by atoms with Crippen molar-refractivity contribution in [2.24, 2.45) is 4.99 Å². The second kappa shape index (κ2) is 12.5. The second-order valence-electron chi connectivity index (χ2n) is 5.04. The maximum Gasteiger partial charge on any atom is 0.191 e. The average molecular weight is 360 g/mol. The van der Waals surface area contributed by atoms with Gasteiger partial charge in [-0.1, -0.05) is 29.3 Å². The van der Waals surface area contributed by atoms with E-state index in [0.717, 1.165) is 63.6 Å². The third-order valence-electron chi connectivity index (χ3n) is 3.24. The molecule has 2 N–H and O–H groups in total. The molecule has 0 saturated carbocycles. The van der Waals surface area contributed by atoms with Gasteiger partial charge >= 0.3 is 0 Å². The van der Waals surface area contributed by atoms with Crippen molar-refractivity contribution < 1.29 is 4.74 Å². The van der Waals surface area contributed by atoms with Crippen LogP contribution in [0.1, 0.15) is 32.3 Å². The molecule has 0 unspecified atom stereocenters. The molecule has 0 fully saturated rings. The molecule has 0 spiro atoms. The van der Waals surface area contributed by atoms with E-state index in [0.29, 0.717) is 10.0 Å². The SMILES string of the molecule is CCNC(=NCCCCOCC)NCCc1c(Cl)cccc1Cl. The highest BCUT2D eigenvalue weighted by Gasteiger charge is 2.05. The van der Waals surface area contributed by atoms with Crippen LogP contribution in [0.4, 0.5) is 0 Å². The van der Waals surface area contributed by atoms with Crippen molar-refractivity contribution in [3.05, 3.63) is 33.8 Å². The minimum Gasteiger partial charge on any atom is -0.382 e. The largest absolute Gasteiger partial charge is 0.382 e. The predicted molar refractivity (Wildman–Crippen MR) is 99.9 cm³/mol. The van der Waals surface area contributed by atoms with Crippen molar-refractivity contribution in [3.8, 4) is 0 Å². The van der Waals surface area contributed by atoms with E-state index in [4.69, 9.17) is 27.9 Å². The van der Waals surface area contributed by atoms with E-state index < -0.39 is 0 Å². The summed E-state index contributed by atoms with van der Waals surface area (Å²) in [5.41, 5.74) is 0.968. The molecule has 0 aromatic heterocycles. The molecule has 4 nitrogen and oxygen atoms in total. The summed E-state index contributed by atoms with van der Waals surface area (Å²) in [6, 6.07) is 5.58. The quantitative estimate of drug-likeness (QED) is 0.378. The minimum atomic E-state index is 0.706. The smallest absolute Gasteiger partial charge is 0.191 e. The summed E-state index contributed by atoms with van der Waals surface area (Å²) in [6.45, 7) is 7.99. The zero-order chi connectivity index (χ0) is 16.9. The molecule has 1 rings (SSSR count). The van der Waals surface area contributed by atoms with Crippen LogP contribution in [0.5, 0.6) is 0 Å². The zero-order valence-electron chi connectivity index (χ0n) is 14.0. The van der Waals surface area contributed by atoms with Gasteiger partial charge in [-0.3, -0.25) is 4.99 Å². The molecular weight excluding hydrogens is 333 g/mol. The highest BCUT2D eigenvalue weighted by atomic mass is 35.5. The van der Waals surface area contributed by atoms with Crippen LogP contribution in [0.25, 0.3) is 0 Å². The number of benzene rings is 1. The monoisotopic (exact) mass is 359 g/mol. The summed E-state index contributed by atoms with van der Waals surface area (Å²) in [6.07, 6.45) is 2.81. The summed E-state index contributed by atoms with van der Waals surface area (Å²) in [5, 5.41) is 7.97. The molecule has 1 aromatic rings. The first-order valence-electron chi connectivity index (χ1n) is 8.21. The fourth-order valence-electron chi connectivity index (χ4n) is 2.07. The lowest BCUT2D eigenvalue weighted by Gasteiger charge is -2.12. The molecule has 130 valence electrons. The number of aliphatic imine (C=N–C) groups is 1. The number of halogens is 2. The number of unbranched alkanes of at least 4 members (excludes halogenated alkanes) is 1. The van der Waals surface area contributed by atoms with Gasteiger partial charge in [0, 0.05) is 42.9 Å². The van der Waals surface area contributed by atoms with E-state index in [1.54, 1.807) is 0 Å². The topological polar surface area (TPSA) is 45.7 Å². The van der Waals surface area contributed by atoms with Gasteiger partial charge in [-0.2, -0.15) is 0 Å². The number of nitrogens with zero attached hydrogens (tertiary/aromatic N) is 1. The van der Waals surface area contributed by atoms with Gasteiger partial charge in [0.05, 0.1) is 0 Å². The van der Waals surface area contributed by atoms with Crippen LogP contribution < -0.4 is 10.6 Å². The molecule has 23 heavy (non-hydrogen) atoms. The number of rotatable bonds is 10. The molecular formula is C17H27Cl2N3O. The number of hydrogen-bond acceptors (Lipinski definition) is 2. The lowest BCUT2D eigenvalue weighted by atomic mass is 10.1. The molecule has 1 aromatic carbocycles. The van der Waals surface area contributed by atoms with Gasteiger partial charge in [0.15, 0.2) is 5.96 Å². The van der Waals surface area contributed by atoms with Crippen LogP contribution in [0.2, 0.25) is 10.0 Å². The summed E-state index contributed by atoms with van der Waals surface area (Å²) in [7, 11) is 0. The lowest BCUT2D eigenvalue weighted by Crippen LogP contribution is -2.38. The minimum absolute atomic E-state index is 0.706. The molecule has 0 heterocycles. The highest BCUT2D eigenvalue weighted by Crippen LogP contribution is 2.24. The maximum absolute atomic E-state index is 6.18. The van der Waals surface area contributed by atoms with Gasteiger partial charge in [0.2, 0.25) is 0 Å². The second-order valence-corrected chi connectivity index (χ2v) is 5.86. The van der Waals surface area contributed by atoms with E-state index in [1.807, 2.05) is 25.1 Å². The maximum atomic E-state index is 6.18. The van der Waals surface area contributed by atoms with Crippen LogP contribution in [-0.4, -0.2) is 38.8 Å². The third-order valence-corrected chi connectivity index (χ3v) is 3.95. The Labute approximate surface area is 149 Å². The Morgan fingerprint density at radius 2 is 1.87 bits per heavy atom. The lowest BCUT2D eigenvalue weighted by molar-refractivity contribution is 0.144. The van der Waals surface area contributed by atoms with Crippen LogP contribution in [0, 0.1) is 0 Å². The van der Waals surface area contributed by atoms with Crippen LogP contribution in [0.3, 0.4) is 0 Å². The molecule has 0 amide bonds. The van der Waals surface area contributed by atoms with Crippen LogP contribution in [0.15, 0.2) is 23.2 Å². The first kappa shape index (κ1) is 20.1. The standard InChI is InChI=1S/C17H27Cl2N3O/c1-3-20-17(21-11-5-6-13-23-4-2)22-12-10-14-15(18)8-7-9-16(14)19/h7-9H,3-6,10-13H2,1-2H3,(H2,20,21,22). The van der Waals surface area contributed by atoms with Crippen molar-refractivity contribution in [1.82, 2.24) is 10.6 Å². The van der Waals surface area contributed by atoms with Gasteiger partial charge in [-0.05, 0) is 50.8 Å². The predicted octanol–water partition coefficient (Wildman–Crippen LogP) is 3.91. The van der Waals surface area contributed by atoms with Crippen LogP contribution >= 0.6 is 23.2 Å². The van der Waals surface area contributed by atoms with E-state index in [-0.39, 0.29) is 0 Å². The fourth-order valence-corrected chi connectivity index (χ4v) is 2.66. The van der Waals surface area contributed by atoms with Crippen molar-refractivity contribution in [2.45, 2.75) is 33.1 Å². The van der Waals surface area contributed by atoms with Gasteiger partial charge in [0.1, 0.15) is 0 Å². The summed E-state index contributed by atoms with van der Waals surface area (Å²) in [4.78, 5) is 4.56. The van der Waals surface area contributed by atoms with E-state index >= 15 is 0 Å². The first-order valence-corrected chi connectivity index (χ1v) is 8.97. The Kier molecular flexibility index (Phi) is 10.9. The van der Waals surface area contributed by atoms with E-state index in [1.165, 1.54) is 0 Å². The number of guanidine groups is 1. The third kappa shape index (κ3) is 8.45. The molecule has 0 aliphatic rings. The molecule has 0 bridgehead atoms. The highest BCUT2D eigenvalue weighted by molar-refractivity contribution is 6.35. The average Bonchev–Trinajstić information content (AvgIpc) is 2.53. The summed E-state index contributed by atoms with van der Waals surface area (Å²) >= 11 is 12.4. The Bertz CT molecular complexity index is 461. The van der Waals surface area contributed by atoms with Gasteiger partial charge in [-0.25, -0.2) is 0 Å². The zero-order valence-corrected chi connectivity index (χ0v) is 15.5. The van der Waals surface area contributed by atoms with Gasteiger partial charge in [0.25, 0.3) is 0 Å². The summed E-state index contributed by atoms with van der Waals surface area (Å²) in [5.74, 6) is 0.826. The molecule has 0 aliphatic heterocycles. The number of hydrogen-bond donors (Lipinski definition) is 2. The van der Waals surface area contributed by atoms with E-state index in [2.05, 4.69) is 22.5 Å². The normalized spacial score (nSPS) is 11.6. The molecule has 0 radical (unpaired) electrons. The van der Waals surface area contributed by atoms with Crippen LogP contribution in [-0.2, 0) is 11.2 Å². The van der Waals surface area contributed by atoms with E-state index in [9.17, 15) is 0 Å². The summed E-state index contributed by atoms with van der Waals surface area (Å²) < 4.78 is 5.32. The van der Waals surface area contributed by atoms with Crippen molar-refractivity contribution in [2.75, 3.05) is 32.8 Å².